The van der Waals surface area contributed by atoms with Crippen LogP contribution in [0.1, 0.15) is 0 Å². The lowest BCUT2D eigenvalue weighted by atomic mass is 10.0. The number of hydrogen-bond donors (Lipinski definition) is 1. The summed E-state index contributed by atoms with van der Waals surface area (Å²) in [6, 6.07) is 18.5. The van der Waals surface area contributed by atoms with Crippen molar-refractivity contribution >= 4 is 17.6 Å². The van der Waals surface area contributed by atoms with Gasteiger partial charge in [0.05, 0.1) is 5.56 Å². The van der Waals surface area contributed by atoms with Crippen LogP contribution in [0.4, 0.5) is 5.82 Å². The second-order valence-electron chi connectivity index (χ2n) is 4.80. The molecule has 0 aliphatic carbocycles. The molecule has 0 fully saturated rings. The summed E-state index contributed by atoms with van der Waals surface area (Å²) in [7, 11) is 1.88. The van der Waals surface area contributed by atoms with E-state index in [1.165, 1.54) is 4.90 Å². The van der Waals surface area contributed by atoms with Crippen molar-refractivity contribution in [1.82, 2.24) is 9.78 Å². The minimum absolute atomic E-state index is 0.687. The average molecular weight is 295 g/mol. The van der Waals surface area contributed by atoms with Crippen molar-refractivity contribution < 1.29 is 0 Å². The minimum atomic E-state index is 0.687. The lowest BCUT2D eigenvalue weighted by molar-refractivity contribution is 0.782. The Morgan fingerprint density at radius 3 is 2.38 bits per heavy atom. The van der Waals surface area contributed by atoms with Crippen molar-refractivity contribution in [1.29, 1.82) is 0 Å². The normalized spacial score (nSPS) is 10.8. The number of benzene rings is 2. The van der Waals surface area contributed by atoms with Gasteiger partial charge >= 0.3 is 0 Å². The van der Waals surface area contributed by atoms with E-state index in [2.05, 4.69) is 35.6 Å². The van der Waals surface area contributed by atoms with Gasteiger partial charge in [0.25, 0.3) is 0 Å². The third kappa shape index (κ3) is 2.43. The second kappa shape index (κ2) is 5.66. The van der Waals surface area contributed by atoms with Gasteiger partial charge in [-0.05, 0) is 17.9 Å². The number of thioether (sulfide) groups is 1. The first kappa shape index (κ1) is 13.8. The highest BCUT2D eigenvalue weighted by Crippen LogP contribution is 2.39. The summed E-state index contributed by atoms with van der Waals surface area (Å²) in [5.74, 6) is 0.687. The molecule has 2 N–H and O–H groups in total. The van der Waals surface area contributed by atoms with Crippen LogP contribution < -0.4 is 5.73 Å². The Balaban J connectivity index is 2.27. The van der Waals surface area contributed by atoms with E-state index in [1.807, 2.05) is 37.4 Å². The van der Waals surface area contributed by atoms with E-state index >= 15 is 0 Å². The molecule has 0 saturated heterocycles. The second-order valence-corrected chi connectivity index (χ2v) is 5.65. The van der Waals surface area contributed by atoms with Gasteiger partial charge < -0.3 is 5.73 Å². The molecule has 4 heteroatoms. The highest BCUT2D eigenvalue weighted by Gasteiger charge is 2.18. The number of anilines is 1. The molecule has 0 radical (unpaired) electrons. The zero-order valence-corrected chi connectivity index (χ0v) is 12.9. The number of rotatable bonds is 3. The first-order valence-electron chi connectivity index (χ1n) is 6.73. The number of nitrogen functional groups attached to an aromatic ring is 1. The zero-order valence-electron chi connectivity index (χ0n) is 12.1. The quantitative estimate of drug-likeness (QED) is 0.741. The molecule has 1 aromatic heterocycles. The average Bonchev–Trinajstić information content (AvgIpc) is 2.83. The molecule has 0 spiro atoms. The molecular weight excluding hydrogens is 278 g/mol. The summed E-state index contributed by atoms with van der Waals surface area (Å²) in [5, 5.41) is 4.64. The van der Waals surface area contributed by atoms with Crippen LogP contribution in [0.15, 0.2) is 59.5 Å². The van der Waals surface area contributed by atoms with Crippen molar-refractivity contribution in [2.75, 3.05) is 12.0 Å². The number of hydrogen-bond acceptors (Lipinski definition) is 3. The van der Waals surface area contributed by atoms with E-state index in [4.69, 9.17) is 5.73 Å². The predicted molar refractivity (Wildman–Crippen MR) is 90.3 cm³/mol. The van der Waals surface area contributed by atoms with Crippen LogP contribution in [0.5, 0.6) is 0 Å². The predicted octanol–water partition coefficient (Wildman–Crippen LogP) is 4.06. The fourth-order valence-electron chi connectivity index (χ4n) is 2.46. The molecule has 1 heterocycles. The molecule has 3 rings (SSSR count). The van der Waals surface area contributed by atoms with Crippen molar-refractivity contribution in [2.45, 2.75) is 4.90 Å². The van der Waals surface area contributed by atoms with E-state index in [0.29, 0.717) is 5.82 Å². The Bertz CT molecular complexity index is 763. The molecule has 0 unspecified atom stereocenters. The molecule has 0 aliphatic heterocycles. The lowest BCUT2D eigenvalue weighted by Gasteiger charge is -2.07. The molecule has 106 valence electrons. The van der Waals surface area contributed by atoms with Gasteiger partial charge in [-0.15, -0.1) is 11.8 Å². The van der Waals surface area contributed by atoms with Crippen LogP contribution in [0.25, 0.3) is 22.4 Å². The van der Waals surface area contributed by atoms with Gasteiger partial charge in [0, 0.05) is 17.5 Å². The van der Waals surface area contributed by atoms with Crippen LogP contribution in [0, 0.1) is 0 Å². The highest BCUT2D eigenvalue weighted by molar-refractivity contribution is 7.98. The van der Waals surface area contributed by atoms with Crippen molar-refractivity contribution in [2.24, 2.45) is 7.05 Å². The van der Waals surface area contributed by atoms with Crippen LogP contribution in [-0.4, -0.2) is 16.0 Å². The smallest absolute Gasteiger partial charge is 0.129 e. The van der Waals surface area contributed by atoms with Gasteiger partial charge in [-0.1, -0.05) is 48.5 Å². The Morgan fingerprint density at radius 1 is 1.00 bits per heavy atom. The molecular formula is C17H17N3S. The van der Waals surface area contributed by atoms with E-state index in [9.17, 15) is 0 Å². The highest BCUT2D eigenvalue weighted by atomic mass is 32.2. The first-order valence-corrected chi connectivity index (χ1v) is 7.96. The van der Waals surface area contributed by atoms with Crippen molar-refractivity contribution in [3.63, 3.8) is 0 Å². The molecule has 0 saturated carbocycles. The minimum Gasteiger partial charge on any atom is -0.383 e. The topological polar surface area (TPSA) is 43.8 Å². The molecule has 2 aromatic carbocycles. The van der Waals surface area contributed by atoms with Crippen molar-refractivity contribution in [3.05, 3.63) is 54.6 Å². The molecule has 0 atom stereocenters. The van der Waals surface area contributed by atoms with Gasteiger partial charge in [-0.3, -0.25) is 4.68 Å². The first-order chi connectivity index (χ1) is 10.2. The SMILES string of the molecule is CSc1ccccc1-c1nn(C)c(N)c1-c1ccccc1. The summed E-state index contributed by atoms with van der Waals surface area (Å²) >= 11 is 1.72. The summed E-state index contributed by atoms with van der Waals surface area (Å²) in [4.78, 5) is 1.20. The van der Waals surface area contributed by atoms with Crippen LogP contribution in [0.2, 0.25) is 0 Å². The monoisotopic (exact) mass is 295 g/mol. The van der Waals surface area contributed by atoms with Crippen LogP contribution >= 0.6 is 11.8 Å². The standard InChI is InChI=1S/C17H17N3S/c1-20-17(18)15(12-8-4-3-5-9-12)16(19-20)13-10-6-7-11-14(13)21-2/h3-11H,18H2,1-2H3. The van der Waals surface area contributed by atoms with Gasteiger partial charge in [0.2, 0.25) is 0 Å². The molecule has 3 nitrogen and oxygen atoms in total. The van der Waals surface area contributed by atoms with Gasteiger partial charge in [0.1, 0.15) is 11.5 Å². The van der Waals surface area contributed by atoms with E-state index in [-0.39, 0.29) is 0 Å². The molecule has 3 aromatic rings. The third-order valence-corrected chi connectivity index (χ3v) is 4.31. The fraction of sp³-hybridized carbons (Fsp3) is 0.118. The maximum Gasteiger partial charge on any atom is 0.129 e. The number of nitrogens with zero attached hydrogens (tertiary/aromatic N) is 2. The Morgan fingerprint density at radius 2 is 1.67 bits per heavy atom. The Hall–Kier alpha value is -2.20. The van der Waals surface area contributed by atoms with Gasteiger partial charge in [0.15, 0.2) is 0 Å². The Kier molecular flexibility index (Phi) is 3.71. The maximum atomic E-state index is 6.26. The van der Waals surface area contributed by atoms with Crippen LogP contribution in [0.3, 0.4) is 0 Å². The van der Waals surface area contributed by atoms with Gasteiger partial charge in [-0.25, -0.2) is 0 Å². The molecule has 0 aliphatic rings. The molecule has 0 bridgehead atoms. The zero-order chi connectivity index (χ0) is 14.8. The number of aromatic nitrogens is 2. The molecule has 0 amide bonds. The van der Waals surface area contributed by atoms with Crippen molar-refractivity contribution in [3.8, 4) is 22.4 Å². The summed E-state index contributed by atoms with van der Waals surface area (Å²) in [5.41, 5.74) is 10.4. The van der Waals surface area contributed by atoms with Gasteiger partial charge in [-0.2, -0.15) is 5.10 Å². The van der Waals surface area contributed by atoms with E-state index in [0.717, 1.165) is 22.4 Å². The largest absolute Gasteiger partial charge is 0.383 e. The summed E-state index contributed by atoms with van der Waals surface area (Å²) in [6.45, 7) is 0. The fourth-order valence-corrected chi connectivity index (χ4v) is 3.05. The van der Waals surface area contributed by atoms with E-state index < -0.39 is 0 Å². The maximum absolute atomic E-state index is 6.26. The van der Waals surface area contributed by atoms with Crippen LogP contribution in [-0.2, 0) is 7.05 Å². The molecule has 21 heavy (non-hydrogen) atoms. The van der Waals surface area contributed by atoms with E-state index in [1.54, 1.807) is 16.4 Å². The lowest BCUT2D eigenvalue weighted by Crippen LogP contribution is -1.97. The summed E-state index contributed by atoms with van der Waals surface area (Å²) < 4.78 is 1.74. The Labute approximate surface area is 128 Å². The number of aryl methyl sites for hydroxylation is 1. The number of nitrogens with two attached hydrogens (primary N) is 1. The third-order valence-electron chi connectivity index (χ3n) is 3.52. The summed E-state index contributed by atoms with van der Waals surface area (Å²) in [6.07, 6.45) is 2.08.